The van der Waals surface area contributed by atoms with Crippen LogP contribution in [0.1, 0.15) is 30.8 Å². The number of hydrogen-bond donors (Lipinski definition) is 0. The molecule has 3 aromatic rings. The van der Waals surface area contributed by atoms with E-state index in [0.29, 0.717) is 0 Å². The van der Waals surface area contributed by atoms with Gasteiger partial charge in [0.05, 0.1) is 11.4 Å². The van der Waals surface area contributed by atoms with Crippen molar-refractivity contribution < 1.29 is 0 Å². The highest BCUT2D eigenvalue weighted by Crippen LogP contribution is 2.51. The van der Waals surface area contributed by atoms with Crippen LogP contribution in [0, 0.1) is 20.8 Å². The predicted octanol–water partition coefficient (Wildman–Crippen LogP) is 5.43. The molecule has 0 N–H and O–H groups in total. The zero-order chi connectivity index (χ0) is 18.5. The van der Waals surface area contributed by atoms with Gasteiger partial charge in [-0.25, -0.2) is 9.97 Å². The summed E-state index contributed by atoms with van der Waals surface area (Å²) < 4.78 is 0. The predicted molar refractivity (Wildman–Crippen MR) is 107 cm³/mol. The van der Waals surface area contributed by atoms with Gasteiger partial charge in [-0.1, -0.05) is 36.4 Å². The largest absolute Gasteiger partial charge is 0.300 e. The maximum Gasteiger partial charge on any atom is 0.179 e. The molecule has 0 unspecified atom stereocenters. The SMILES string of the molecule is Cc1ccccc1N1c2nc(C)c(C)nc2N(c2ccccc2)C1(C)C. The molecule has 2 heterocycles. The zero-order valence-electron chi connectivity index (χ0n) is 16.0. The van der Waals surface area contributed by atoms with Gasteiger partial charge in [-0.2, -0.15) is 0 Å². The molecule has 4 heteroatoms. The first kappa shape index (κ1) is 16.6. The Morgan fingerprint density at radius 2 is 1.23 bits per heavy atom. The fraction of sp³-hybridized carbons (Fsp3) is 0.273. The first-order valence-electron chi connectivity index (χ1n) is 8.97. The summed E-state index contributed by atoms with van der Waals surface area (Å²) in [6, 6.07) is 18.9. The summed E-state index contributed by atoms with van der Waals surface area (Å²) >= 11 is 0. The van der Waals surface area contributed by atoms with Crippen LogP contribution in [0.4, 0.5) is 23.0 Å². The Hall–Kier alpha value is -2.88. The van der Waals surface area contributed by atoms with Crippen molar-refractivity contribution >= 4 is 23.0 Å². The van der Waals surface area contributed by atoms with Gasteiger partial charge in [-0.05, 0) is 58.4 Å². The quantitative estimate of drug-likeness (QED) is 0.621. The van der Waals surface area contributed by atoms with Gasteiger partial charge < -0.3 is 0 Å². The fourth-order valence-electron chi connectivity index (χ4n) is 3.74. The molecular weight excluding hydrogens is 320 g/mol. The Bertz CT molecular complexity index is 963. The normalized spacial score (nSPS) is 15.3. The Labute approximate surface area is 155 Å². The number of benzene rings is 2. The molecule has 2 aromatic carbocycles. The van der Waals surface area contributed by atoms with E-state index in [1.54, 1.807) is 0 Å². The molecule has 0 radical (unpaired) electrons. The molecule has 0 atom stereocenters. The molecule has 0 aliphatic carbocycles. The van der Waals surface area contributed by atoms with Crippen LogP contribution in [0.25, 0.3) is 0 Å². The summed E-state index contributed by atoms with van der Waals surface area (Å²) in [4.78, 5) is 14.5. The van der Waals surface area contributed by atoms with Crippen LogP contribution >= 0.6 is 0 Å². The standard InChI is InChI=1S/C22H24N4/c1-15-11-9-10-14-19(15)26-21-20(23-16(2)17(3)24-21)25(22(26,4)5)18-12-7-6-8-13-18/h6-14H,1-5H3. The molecule has 0 bridgehead atoms. The summed E-state index contributed by atoms with van der Waals surface area (Å²) in [5.74, 6) is 1.82. The van der Waals surface area contributed by atoms with Crippen LogP contribution in [0.2, 0.25) is 0 Å². The number of hydrogen-bond acceptors (Lipinski definition) is 4. The van der Waals surface area contributed by atoms with E-state index < -0.39 is 0 Å². The number of nitrogens with zero attached hydrogens (tertiary/aromatic N) is 4. The molecule has 26 heavy (non-hydrogen) atoms. The zero-order valence-corrected chi connectivity index (χ0v) is 16.0. The Morgan fingerprint density at radius 3 is 1.85 bits per heavy atom. The average molecular weight is 344 g/mol. The highest BCUT2D eigenvalue weighted by molar-refractivity contribution is 5.86. The summed E-state index contributed by atoms with van der Waals surface area (Å²) in [5, 5.41) is 0. The third-order valence-electron chi connectivity index (χ3n) is 5.16. The second kappa shape index (κ2) is 5.84. The Morgan fingerprint density at radius 1 is 0.692 bits per heavy atom. The van der Waals surface area contributed by atoms with Crippen molar-refractivity contribution in [1.82, 2.24) is 9.97 Å². The van der Waals surface area contributed by atoms with E-state index >= 15 is 0 Å². The smallest absolute Gasteiger partial charge is 0.179 e. The summed E-state index contributed by atoms with van der Waals surface area (Å²) in [5.41, 5.74) is 5.10. The van der Waals surface area contributed by atoms with Crippen LogP contribution in [-0.4, -0.2) is 15.6 Å². The van der Waals surface area contributed by atoms with Gasteiger partial charge in [0.15, 0.2) is 11.6 Å². The van der Waals surface area contributed by atoms with E-state index in [2.05, 4.69) is 79.1 Å². The second-order valence-corrected chi connectivity index (χ2v) is 7.33. The van der Waals surface area contributed by atoms with Crippen molar-refractivity contribution in [2.75, 3.05) is 9.80 Å². The van der Waals surface area contributed by atoms with Crippen molar-refractivity contribution in [2.45, 2.75) is 40.3 Å². The first-order valence-corrected chi connectivity index (χ1v) is 8.97. The maximum absolute atomic E-state index is 4.95. The summed E-state index contributed by atoms with van der Waals surface area (Å²) in [6.45, 7) is 10.6. The highest BCUT2D eigenvalue weighted by Gasteiger charge is 2.47. The lowest BCUT2D eigenvalue weighted by atomic mass is 10.1. The van der Waals surface area contributed by atoms with Crippen molar-refractivity contribution in [3.63, 3.8) is 0 Å². The van der Waals surface area contributed by atoms with Crippen LogP contribution in [-0.2, 0) is 0 Å². The minimum absolute atomic E-state index is 0.337. The average Bonchev–Trinajstić information content (AvgIpc) is 2.83. The molecule has 0 spiro atoms. The van der Waals surface area contributed by atoms with Crippen molar-refractivity contribution in [2.24, 2.45) is 0 Å². The van der Waals surface area contributed by atoms with Crippen LogP contribution in [0.3, 0.4) is 0 Å². The van der Waals surface area contributed by atoms with Crippen molar-refractivity contribution in [3.05, 3.63) is 71.5 Å². The van der Waals surface area contributed by atoms with Gasteiger partial charge in [0.1, 0.15) is 5.66 Å². The molecule has 0 amide bonds. The molecule has 0 saturated heterocycles. The molecule has 4 nitrogen and oxygen atoms in total. The topological polar surface area (TPSA) is 32.3 Å². The minimum atomic E-state index is -0.337. The summed E-state index contributed by atoms with van der Waals surface area (Å²) in [6.07, 6.45) is 0. The van der Waals surface area contributed by atoms with Gasteiger partial charge >= 0.3 is 0 Å². The van der Waals surface area contributed by atoms with Crippen LogP contribution in [0.15, 0.2) is 54.6 Å². The molecule has 0 saturated carbocycles. The van der Waals surface area contributed by atoms with Crippen LogP contribution in [0.5, 0.6) is 0 Å². The van der Waals surface area contributed by atoms with E-state index in [4.69, 9.17) is 9.97 Å². The fourth-order valence-corrected chi connectivity index (χ4v) is 3.74. The summed E-state index contributed by atoms with van der Waals surface area (Å²) in [7, 11) is 0. The Kier molecular flexibility index (Phi) is 3.72. The highest BCUT2D eigenvalue weighted by atomic mass is 15.5. The number of fused-ring (bicyclic) bond motifs is 1. The van der Waals surface area contributed by atoms with Gasteiger partial charge in [0, 0.05) is 11.4 Å². The van der Waals surface area contributed by atoms with Crippen molar-refractivity contribution in [3.8, 4) is 0 Å². The molecule has 1 aliphatic rings. The number of anilines is 4. The third kappa shape index (κ3) is 2.37. The monoisotopic (exact) mass is 344 g/mol. The molecule has 132 valence electrons. The van der Waals surface area contributed by atoms with Gasteiger partial charge in [-0.15, -0.1) is 0 Å². The second-order valence-electron chi connectivity index (χ2n) is 7.33. The van der Waals surface area contributed by atoms with Gasteiger partial charge in [-0.3, -0.25) is 9.80 Å². The number of rotatable bonds is 2. The van der Waals surface area contributed by atoms with E-state index in [9.17, 15) is 0 Å². The third-order valence-corrected chi connectivity index (χ3v) is 5.16. The minimum Gasteiger partial charge on any atom is -0.300 e. The van der Waals surface area contributed by atoms with Gasteiger partial charge in [0.25, 0.3) is 0 Å². The lowest BCUT2D eigenvalue weighted by molar-refractivity contribution is 0.536. The van der Waals surface area contributed by atoms with E-state index in [1.165, 1.54) is 5.56 Å². The number of aromatic nitrogens is 2. The number of para-hydroxylation sites is 2. The molecule has 4 rings (SSSR count). The van der Waals surface area contributed by atoms with E-state index in [0.717, 1.165) is 34.4 Å². The lowest BCUT2D eigenvalue weighted by Crippen LogP contribution is -2.48. The molecule has 1 aromatic heterocycles. The van der Waals surface area contributed by atoms with Gasteiger partial charge in [0.2, 0.25) is 0 Å². The molecular formula is C22H24N4. The van der Waals surface area contributed by atoms with E-state index in [-0.39, 0.29) is 5.66 Å². The maximum atomic E-state index is 4.95. The molecule has 0 fully saturated rings. The van der Waals surface area contributed by atoms with Crippen molar-refractivity contribution in [1.29, 1.82) is 0 Å². The first-order chi connectivity index (χ1) is 12.4. The van der Waals surface area contributed by atoms with E-state index in [1.807, 2.05) is 19.9 Å². The molecule has 1 aliphatic heterocycles. The number of aryl methyl sites for hydroxylation is 3. The van der Waals surface area contributed by atoms with Crippen LogP contribution < -0.4 is 9.80 Å². The lowest BCUT2D eigenvalue weighted by Gasteiger charge is -2.40. The Balaban J connectivity index is 2.01.